The van der Waals surface area contributed by atoms with Gasteiger partial charge in [0.15, 0.2) is 5.78 Å². The quantitative estimate of drug-likeness (QED) is 0.705. The van der Waals surface area contributed by atoms with E-state index in [-0.39, 0.29) is 11.8 Å². The number of nitrogens with zero attached hydrogens (tertiary/aromatic N) is 1. The molecule has 3 heteroatoms. The lowest BCUT2D eigenvalue weighted by Crippen LogP contribution is -2.39. The zero-order valence-electron chi connectivity index (χ0n) is 11.4. The number of hydrogen-bond donors (Lipinski definition) is 0. The van der Waals surface area contributed by atoms with Crippen LogP contribution in [0.15, 0.2) is 28.7 Å². The Bertz CT molecular complexity index is 375. The van der Waals surface area contributed by atoms with E-state index in [1.165, 1.54) is 0 Å². The van der Waals surface area contributed by atoms with Crippen LogP contribution in [0.1, 0.15) is 44.0 Å². The molecule has 0 heterocycles. The molecule has 1 aromatic carbocycles. The lowest BCUT2D eigenvalue weighted by atomic mass is 10.0. The van der Waals surface area contributed by atoms with Crippen molar-refractivity contribution in [2.45, 2.75) is 39.7 Å². The van der Waals surface area contributed by atoms with E-state index in [9.17, 15) is 4.79 Å². The predicted molar refractivity (Wildman–Crippen MR) is 80.1 cm³/mol. The predicted octanol–water partition coefficient (Wildman–Crippen LogP) is 4.14. The van der Waals surface area contributed by atoms with Crippen LogP contribution in [0, 0.1) is 0 Å². The van der Waals surface area contributed by atoms with Gasteiger partial charge in [0.25, 0.3) is 0 Å². The van der Waals surface area contributed by atoms with E-state index in [1.54, 1.807) is 0 Å². The van der Waals surface area contributed by atoms with Gasteiger partial charge in [-0.05, 0) is 38.6 Å². The maximum atomic E-state index is 12.4. The molecule has 0 aliphatic carbocycles. The average Bonchev–Trinajstić information content (AvgIpc) is 2.39. The minimum atomic E-state index is -0.0391. The molecule has 0 spiro atoms. The largest absolute Gasteiger partial charge is 0.294 e. The summed E-state index contributed by atoms with van der Waals surface area (Å²) in [5.41, 5.74) is 0.792. The van der Waals surface area contributed by atoms with E-state index in [2.05, 4.69) is 34.7 Å². The van der Waals surface area contributed by atoms with Crippen molar-refractivity contribution < 1.29 is 4.79 Å². The zero-order chi connectivity index (χ0) is 13.5. The van der Waals surface area contributed by atoms with Crippen molar-refractivity contribution >= 4 is 21.7 Å². The number of halogens is 1. The van der Waals surface area contributed by atoms with Crippen molar-refractivity contribution in [1.29, 1.82) is 0 Å². The molecule has 0 amide bonds. The highest BCUT2D eigenvalue weighted by Crippen LogP contribution is 2.14. The summed E-state index contributed by atoms with van der Waals surface area (Å²) in [6, 6.07) is 7.57. The molecular weight excluding hydrogens is 290 g/mol. The minimum Gasteiger partial charge on any atom is -0.294 e. The van der Waals surface area contributed by atoms with Crippen molar-refractivity contribution in [3.05, 3.63) is 34.3 Å². The topological polar surface area (TPSA) is 20.3 Å². The van der Waals surface area contributed by atoms with E-state index in [4.69, 9.17) is 0 Å². The van der Waals surface area contributed by atoms with Crippen molar-refractivity contribution in [2.24, 2.45) is 0 Å². The maximum absolute atomic E-state index is 12.4. The number of benzene rings is 1. The summed E-state index contributed by atoms with van der Waals surface area (Å²) in [4.78, 5) is 14.6. The molecule has 18 heavy (non-hydrogen) atoms. The maximum Gasteiger partial charge on any atom is 0.179 e. The normalized spacial score (nSPS) is 12.7. The number of rotatable bonds is 7. The molecule has 0 fully saturated rings. The molecule has 0 saturated heterocycles. The average molecular weight is 312 g/mol. The fraction of sp³-hybridized carbons (Fsp3) is 0.533. The third-order valence-electron chi connectivity index (χ3n) is 3.26. The first-order valence-electron chi connectivity index (χ1n) is 6.64. The summed E-state index contributed by atoms with van der Waals surface area (Å²) in [6.45, 7) is 8.21. The van der Waals surface area contributed by atoms with E-state index < -0.39 is 0 Å². The molecule has 1 unspecified atom stereocenters. The van der Waals surface area contributed by atoms with E-state index in [1.807, 2.05) is 31.2 Å². The van der Waals surface area contributed by atoms with Crippen LogP contribution in [0.3, 0.4) is 0 Å². The second kappa shape index (κ2) is 7.70. The second-order valence-electron chi connectivity index (χ2n) is 4.53. The van der Waals surface area contributed by atoms with E-state index in [0.29, 0.717) is 0 Å². The number of ketones is 1. The fourth-order valence-electron chi connectivity index (χ4n) is 2.01. The van der Waals surface area contributed by atoms with E-state index in [0.717, 1.165) is 36.0 Å². The Kier molecular flexibility index (Phi) is 6.58. The number of carbonyl (C=O) groups is 1. The lowest BCUT2D eigenvalue weighted by Gasteiger charge is -2.26. The fourth-order valence-corrected chi connectivity index (χ4v) is 2.27. The number of likely N-dealkylation sites (N-methyl/N-ethyl adjacent to an activating group) is 1. The number of carbonyl (C=O) groups excluding carboxylic acids is 1. The van der Waals surface area contributed by atoms with Crippen LogP contribution in [0.2, 0.25) is 0 Å². The molecule has 0 aromatic heterocycles. The summed E-state index contributed by atoms with van der Waals surface area (Å²) < 4.78 is 1.00. The van der Waals surface area contributed by atoms with Gasteiger partial charge in [-0.2, -0.15) is 0 Å². The van der Waals surface area contributed by atoms with Gasteiger partial charge in [-0.1, -0.05) is 48.3 Å². The van der Waals surface area contributed by atoms with Crippen LogP contribution in [-0.4, -0.2) is 29.8 Å². The van der Waals surface area contributed by atoms with Gasteiger partial charge in [-0.15, -0.1) is 0 Å². The van der Waals surface area contributed by atoms with E-state index >= 15 is 0 Å². The molecule has 0 N–H and O–H groups in total. The van der Waals surface area contributed by atoms with Crippen LogP contribution in [-0.2, 0) is 0 Å². The number of Topliss-reactive ketones (excluding diaryl/α,β-unsaturated/α-hetero) is 1. The van der Waals surface area contributed by atoms with Crippen molar-refractivity contribution in [3.8, 4) is 0 Å². The van der Waals surface area contributed by atoms with Crippen molar-refractivity contribution in [3.63, 3.8) is 0 Å². The zero-order valence-corrected chi connectivity index (χ0v) is 13.0. The number of hydrogen-bond acceptors (Lipinski definition) is 2. The Balaban J connectivity index is 2.72. The van der Waals surface area contributed by atoms with Gasteiger partial charge in [0, 0.05) is 10.0 Å². The SMILES string of the molecule is CCCCN(CC)C(C)C(=O)c1ccc(Br)cc1. The molecule has 0 aliphatic heterocycles. The molecular formula is C15H22BrNO. The molecule has 0 radical (unpaired) electrons. The first-order valence-corrected chi connectivity index (χ1v) is 7.43. The number of unbranched alkanes of at least 4 members (excludes halogenated alkanes) is 1. The van der Waals surface area contributed by atoms with Crippen molar-refractivity contribution in [2.75, 3.05) is 13.1 Å². The molecule has 1 rings (SSSR count). The van der Waals surface area contributed by atoms with Gasteiger partial charge in [-0.3, -0.25) is 9.69 Å². The molecule has 2 nitrogen and oxygen atoms in total. The monoisotopic (exact) mass is 311 g/mol. The summed E-state index contributed by atoms with van der Waals surface area (Å²) in [6.07, 6.45) is 2.31. The molecule has 0 bridgehead atoms. The summed E-state index contributed by atoms with van der Waals surface area (Å²) in [5, 5.41) is 0. The van der Waals surface area contributed by atoms with Gasteiger partial charge in [0.2, 0.25) is 0 Å². The van der Waals surface area contributed by atoms with Crippen LogP contribution in [0.4, 0.5) is 0 Å². The first-order chi connectivity index (χ1) is 8.60. The smallest absolute Gasteiger partial charge is 0.179 e. The minimum absolute atomic E-state index is 0.0391. The highest BCUT2D eigenvalue weighted by atomic mass is 79.9. The standard InChI is InChI=1S/C15H22BrNO/c1-4-6-11-17(5-2)12(3)15(18)13-7-9-14(16)10-8-13/h7-10,12H,4-6,11H2,1-3H3. The Morgan fingerprint density at radius 1 is 1.28 bits per heavy atom. The van der Waals surface area contributed by atoms with Gasteiger partial charge in [-0.25, -0.2) is 0 Å². The molecule has 0 aliphatic rings. The van der Waals surface area contributed by atoms with Crippen molar-refractivity contribution in [1.82, 2.24) is 4.90 Å². The van der Waals surface area contributed by atoms with Gasteiger partial charge in [0.05, 0.1) is 6.04 Å². The Labute approximate surface area is 119 Å². The van der Waals surface area contributed by atoms with Gasteiger partial charge < -0.3 is 0 Å². The van der Waals surface area contributed by atoms with Gasteiger partial charge >= 0.3 is 0 Å². The molecule has 1 aromatic rings. The Morgan fingerprint density at radius 3 is 2.39 bits per heavy atom. The molecule has 1 atom stereocenters. The van der Waals surface area contributed by atoms with Crippen LogP contribution < -0.4 is 0 Å². The van der Waals surface area contributed by atoms with Crippen LogP contribution >= 0.6 is 15.9 Å². The molecule has 100 valence electrons. The van der Waals surface area contributed by atoms with Crippen LogP contribution in [0.5, 0.6) is 0 Å². The van der Waals surface area contributed by atoms with Crippen LogP contribution in [0.25, 0.3) is 0 Å². The summed E-state index contributed by atoms with van der Waals surface area (Å²) in [5.74, 6) is 0.209. The summed E-state index contributed by atoms with van der Waals surface area (Å²) >= 11 is 3.39. The Morgan fingerprint density at radius 2 is 1.89 bits per heavy atom. The highest BCUT2D eigenvalue weighted by Gasteiger charge is 2.20. The third kappa shape index (κ3) is 4.21. The summed E-state index contributed by atoms with van der Waals surface area (Å²) in [7, 11) is 0. The lowest BCUT2D eigenvalue weighted by molar-refractivity contribution is 0.0843. The third-order valence-corrected chi connectivity index (χ3v) is 3.79. The molecule has 0 saturated carbocycles. The Hall–Kier alpha value is -0.670. The highest BCUT2D eigenvalue weighted by molar-refractivity contribution is 9.10. The van der Waals surface area contributed by atoms with Gasteiger partial charge in [0.1, 0.15) is 0 Å². The second-order valence-corrected chi connectivity index (χ2v) is 5.44. The first kappa shape index (κ1) is 15.4.